The highest BCUT2D eigenvalue weighted by Gasteiger charge is 2.03. The molecular weight excluding hydrogens is 316 g/mol. The molecule has 0 saturated heterocycles. The predicted octanol–water partition coefficient (Wildman–Crippen LogP) is 2.59. The average Bonchev–Trinajstić information content (AvgIpc) is 2.56. The van der Waals surface area contributed by atoms with Crippen LogP contribution in [0.1, 0.15) is 65.2 Å². The standard InChI is InChI=1S/C19H34N4O2/c1-3-17(24)13-9-7-5-4-6-8-10-14-18(25)23-16(2)12-11-15-22-19(20)21/h6,8,10,14,16H,3-5,7,9,11-13,15H2,1-2H3,(H,23,25)(H4,20,21,22)/b8-6+,14-10+/t16-/m1/s1. The van der Waals surface area contributed by atoms with E-state index in [-0.39, 0.29) is 17.9 Å². The summed E-state index contributed by atoms with van der Waals surface area (Å²) in [4.78, 5) is 26.8. The van der Waals surface area contributed by atoms with E-state index in [0.717, 1.165) is 38.5 Å². The Bertz CT molecular complexity index is 466. The lowest BCUT2D eigenvalue weighted by atomic mass is 10.1. The van der Waals surface area contributed by atoms with Gasteiger partial charge in [-0.2, -0.15) is 0 Å². The first-order chi connectivity index (χ1) is 12.0. The van der Waals surface area contributed by atoms with Gasteiger partial charge in [0.05, 0.1) is 0 Å². The van der Waals surface area contributed by atoms with E-state index in [1.54, 1.807) is 6.08 Å². The van der Waals surface area contributed by atoms with Gasteiger partial charge in [-0.25, -0.2) is 0 Å². The number of ketones is 1. The summed E-state index contributed by atoms with van der Waals surface area (Å²) in [7, 11) is 0. The maximum Gasteiger partial charge on any atom is 0.244 e. The molecule has 25 heavy (non-hydrogen) atoms. The summed E-state index contributed by atoms with van der Waals surface area (Å²) in [6, 6.07) is 0.0844. The zero-order valence-corrected chi connectivity index (χ0v) is 15.7. The Hall–Kier alpha value is -2.11. The quantitative estimate of drug-likeness (QED) is 0.147. The average molecular weight is 351 g/mol. The van der Waals surface area contributed by atoms with Gasteiger partial charge in [-0.15, -0.1) is 0 Å². The number of carbonyl (C=O) groups excluding carboxylic acids is 2. The number of hydrogen-bond donors (Lipinski definition) is 3. The molecule has 0 aromatic rings. The van der Waals surface area contributed by atoms with Gasteiger partial charge in [0, 0.05) is 31.5 Å². The van der Waals surface area contributed by atoms with Gasteiger partial charge in [0.25, 0.3) is 0 Å². The van der Waals surface area contributed by atoms with Gasteiger partial charge in [-0.05, 0) is 39.0 Å². The lowest BCUT2D eigenvalue weighted by Gasteiger charge is -2.11. The van der Waals surface area contributed by atoms with Crippen LogP contribution in [0.2, 0.25) is 0 Å². The number of allylic oxidation sites excluding steroid dienone is 3. The first-order valence-electron chi connectivity index (χ1n) is 9.16. The fourth-order valence-corrected chi connectivity index (χ4v) is 2.22. The van der Waals surface area contributed by atoms with E-state index in [4.69, 9.17) is 11.5 Å². The second-order valence-corrected chi connectivity index (χ2v) is 6.14. The molecule has 6 heteroatoms. The maximum absolute atomic E-state index is 11.7. The number of guanidine groups is 1. The van der Waals surface area contributed by atoms with E-state index < -0.39 is 0 Å². The summed E-state index contributed by atoms with van der Waals surface area (Å²) in [5, 5.41) is 2.90. The Kier molecular flexibility index (Phi) is 14.1. The number of aliphatic imine (C=N–C) groups is 1. The van der Waals surface area contributed by atoms with Crippen LogP contribution >= 0.6 is 0 Å². The number of unbranched alkanes of at least 4 members (excludes halogenated alkanes) is 3. The van der Waals surface area contributed by atoms with Crippen molar-refractivity contribution < 1.29 is 9.59 Å². The van der Waals surface area contributed by atoms with Crippen molar-refractivity contribution in [3.63, 3.8) is 0 Å². The van der Waals surface area contributed by atoms with Crippen molar-refractivity contribution in [1.29, 1.82) is 0 Å². The number of Topliss-reactive ketones (excluding diaryl/α,β-unsaturated/α-hetero) is 1. The Morgan fingerprint density at radius 3 is 2.56 bits per heavy atom. The molecule has 142 valence electrons. The van der Waals surface area contributed by atoms with Crippen LogP contribution in [-0.2, 0) is 9.59 Å². The highest BCUT2D eigenvalue weighted by molar-refractivity contribution is 5.87. The van der Waals surface area contributed by atoms with Crippen LogP contribution in [0.25, 0.3) is 0 Å². The monoisotopic (exact) mass is 350 g/mol. The van der Waals surface area contributed by atoms with E-state index in [0.29, 0.717) is 25.2 Å². The summed E-state index contributed by atoms with van der Waals surface area (Å²) >= 11 is 0. The number of amides is 1. The molecule has 0 aromatic carbocycles. The molecule has 0 aliphatic rings. The van der Waals surface area contributed by atoms with Crippen LogP contribution in [0.4, 0.5) is 0 Å². The van der Waals surface area contributed by atoms with Gasteiger partial charge in [0.2, 0.25) is 5.91 Å². The van der Waals surface area contributed by atoms with E-state index in [1.165, 1.54) is 6.08 Å². The minimum Gasteiger partial charge on any atom is -0.370 e. The van der Waals surface area contributed by atoms with Crippen molar-refractivity contribution in [3.05, 3.63) is 24.3 Å². The minimum atomic E-state index is -0.0999. The highest BCUT2D eigenvalue weighted by Crippen LogP contribution is 2.05. The molecule has 0 aromatic heterocycles. The summed E-state index contributed by atoms with van der Waals surface area (Å²) in [6.07, 6.45) is 14.3. The van der Waals surface area contributed by atoms with E-state index in [9.17, 15) is 9.59 Å². The van der Waals surface area contributed by atoms with Crippen molar-refractivity contribution in [2.24, 2.45) is 16.5 Å². The predicted molar refractivity (Wildman–Crippen MR) is 104 cm³/mol. The third-order valence-electron chi connectivity index (χ3n) is 3.69. The van der Waals surface area contributed by atoms with Crippen molar-refractivity contribution in [3.8, 4) is 0 Å². The summed E-state index contributed by atoms with van der Waals surface area (Å²) < 4.78 is 0. The number of hydrogen-bond acceptors (Lipinski definition) is 3. The lowest BCUT2D eigenvalue weighted by molar-refractivity contribution is -0.119. The SMILES string of the molecule is CCC(=O)CCCCC/C=C/C=C/C(=O)N[C@H](C)CCCN=C(N)N. The number of rotatable bonds is 14. The van der Waals surface area contributed by atoms with Gasteiger partial charge in [-0.1, -0.05) is 31.6 Å². The lowest BCUT2D eigenvalue weighted by Crippen LogP contribution is -2.31. The Morgan fingerprint density at radius 1 is 1.12 bits per heavy atom. The second-order valence-electron chi connectivity index (χ2n) is 6.14. The largest absolute Gasteiger partial charge is 0.370 e. The Morgan fingerprint density at radius 2 is 1.88 bits per heavy atom. The zero-order valence-electron chi connectivity index (χ0n) is 15.7. The molecule has 0 heterocycles. The van der Waals surface area contributed by atoms with Gasteiger partial charge in [0.15, 0.2) is 5.96 Å². The smallest absolute Gasteiger partial charge is 0.244 e. The third-order valence-corrected chi connectivity index (χ3v) is 3.69. The molecule has 0 fully saturated rings. The fourth-order valence-electron chi connectivity index (χ4n) is 2.22. The number of nitrogens with two attached hydrogens (primary N) is 2. The van der Waals surface area contributed by atoms with Gasteiger partial charge >= 0.3 is 0 Å². The molecule has 0 saturated carbocycles. The minimum absolute atomic E-state index is 0.0844. The summed E-state index contributed by atoms with van der Waals surface area (Å²) in [6.45, 7) is 4.44. The van der Waals surface area contributed by atoms with Crippen LogP contribution in [0, 0.1) is 0 Å². The molecule has 0 radical (unpaired) electrons. The first kappa shape index (κ1) is 22.9. The maximum atomic E-state index is 11.7. The topological polar surface area (TPSA) is 111 Å². The van der Waals surface area contributed by atoms with Gasteiger partial charge in [0.1, 0.15) is 5.78 Å². The van der Waals surface area contributed by atoms with Crippen LogP contribution < -0.4 is 16.8 Å². The Labute approximate surface area is 151 Å². The number of nitrogens with zero attached hydrogens (tertiary/aromatic N) is 1. The second kappa shape index (κ2) is 15.4. The first-order valence-corrected chi connectivity index (χ1v) is 9.16. The molecule has 0 spiro atoms. The molecular formula is C19H34N4O2. The third kappa shape index (κ3) is 16.5. The molecule has 1 amide bonds. The molecule has 0 rings (SSSR count). The van der Waals surface area contributed by atoms with Crippen molar-refractivity contribution in [1.82, 2.24) is 5.32 Å². The van der Waals surface area contributed by atoms with Crippen LogP contribution in [0.15, 0.2) is 29.3 Å². The van der Waals surface area contributed by atoms with Crippen molar-refractivity contribution >= 4 is 17.6 Å². The fraction of sp³-hybridized carbons (Fsp3) is 0.632. The van der Waals surface area contributed by atoms with E-state index in [2.05, 4.69) is 10.3 Å². The summed E-state index contributed by atoms with van der Waals surface area (Å²) in [5.41, 5.74) is 10.5. The van der Waals surface area contributed by atoms with Crippen LogP contribution in [0.3, 0.4) is 0 Å². The van der Waals surface area contributed by atoms with Crippen LogP contribution in [-0.4, -0.2) is 30.2 Å². The van der Waals surface area contributed by atoms with Gasteiger partial charge < -0.3 is 16.8 Å². The van der Waals surface area contributed by atoms with Crippen molar-refractivity contribution in [2.75, 3.05) is 6.54 Å². The number of nitrogens with one attached hydrogen (secondary N) is 1. The normalized spacial score (nSPS) is 12.4. The number of carbonyl (C=O) groups is 2. The molecule has 5 N–H and O–H groups in total. The molecule has 1 atom stereocenters. The summed E-state index contributed by atoms with van der Waals surface area (Å²) in [5.74, 6) is 0.341. The van der Waals surface area contributed by atoms with E-state index >= 15 is 0 Å². The van der Waals surface area contributed by atoms with E-state index in [1.807, 2.05) is 26.0 Å². The molecule has 0 unspecified atom stereocenters. The van der Waals surface area contributed by atoms with Crippen LogP contribution in [0.5, 0.6) is 0 Å². The molecule has 0 aliphatic carbocycles. The zero-order chi connectivity index (χ0) is 18.9. The molecule has 0 aliphatic heterocycles. The Balaban J connectivity index is 3.70. The molecule has 6 nitrogen and oxygen atoms in total. The molecule has 0 bridgehead atoms. The van der Waals surface area contributed by atoms with Gasteiger partial charge in [-0.3, -0.25) is 14.6 Å². The highest BCUT2D eigenvalue weighted by atomic mass is 16.1. The van der Waals surface area contributed by atoms with Crippen molar-refractivity contribution in [2.45, 2.75) is 71.3 Å².